The number of nitrogens with zero attached hydrogens (tertiary/aromatic N) is 1. The second-order valence-electron chi connectivity index (χ2n) is 4.93. The zero-order valence-corrected chi connectivity index (χ0v) is 13.2. The molecule has 0 spiro atoms. The zero-order valence-electron chi connectivity index (χ0n) is 12.4. The van der Waals surface area contributed by atoms with Gasteiger partial charge in [-0.3, -0.25) is 4.79 Å². The Morgan fingerprint density at radius 3 is 2.22 bits per heavy atom. The Bertz CT molecular complexity index is 831. The number of hydrogen-bond acceptors (Lipinski definition) is 3. The summed E-state index contributed by atoms with van der Waals surface area (Å²) in [5, 5.41) is 2.41. The van der Waals surface area contributed by atoms with Gasteiger partial charge >= 0.3 is 0 Å². The lowest BCUT2D eigenvalue weighted by Gasteiger charge is -2.12. The summed E-state index contributed by atoms with van der Waals surface area (Å²) in [4.78, 5) is 12.0. The fourth-order valence-electron chi connectivity index (χ4n) is 1.83. The Hall–Kier alpha value is -2.32. The predicted octanol–water partition coefficient (Wildman–Crippen LogP) is 2.47. The van der Waals surface area contributed by atoms with Gasteiger partial charge < -0.3 is 5.32 Å². The number of carbonyl (C=O) groups is 1. The summed E-state index contributed by atoms with van der Waals surface area (Å²) in [5.74, 6) is -2.50. The molecule has 0 radical (unpaired) electrons. The van der Waals surface area contributed by atoms with Crippen molar-refractivity contribution in [1.82, 2.24) is 4.31 Å². The highest BCUT2D eigenvalue weighted by molar-refractivity contribution is 7.89. The normalized spacial score (nSPS) is 11.5. The van der Waals surface area contributed by atoms with Gasteiger partial charge in [0, 0.05) is 31.4 Å². The summed E-state index contributed by atoms with van der Waals surface area (Å²) in [6.45, 7) is 0. The number of halogens is 2. The van der Waals surface area contributed by atoms with Gasteiger partial charge in [0.15, 0.2) is 0 Å². The van der Waals surface area contributed by atoms with Crippen LogP contribution in [-0.4, -0.2) is 32.7 Å². The molecule has 0 fully saturated rings. The number of rotatable bonds is 4. The van der Waals surface area contributed by atoms with Gasteiger partial charge in [0.25, 0.3) is 5.91 Å². The van der Waals surface area contributed by atoms with E-state index in [9.17, 15) is 22.0 Å². The number of carbonyl (C=O) groups excluding carboxylic acids is 1. The Labute approximate surface area is 132 Å². The maximum absolute atomic E-state index is 13.1. The molecule has 0 aliphatic rings. The van der Waals surface area contributed by atoms with Crippen molar-refractivity contribution in [3.8, 4) is 0 Å². The van der Waals surface area contributed by atoms with Crippen molar-refractivity contribution in [1.29, 1.82) is 0 Å². The van der Waals surface area contributed by atoms with Crippen LogP contribution in [-0.2, 0) is 10.0 Å². The van der Waals surface area contributed by atoms with Crippen LogP contribution in [0.1, 0.15) is 10.4 Å². The summed E-state index contributed by atoms with van der Waals surface area (Å²) in [7, 11) is -0.881. The first-order valence-electron chi connectivity index (χ1n) is 6.50. The van der Waals surface area contributed by atoms with Crippen LogP contribution < -0.4 is 5.32 Å². The van der Waals surface area contributed by atoms with Crippen molar-refractivity contribution in [3.63, 3.8) is 0 Å². The van der Waals surface area contributed by atoms with Gasteiger partial charge in [-0.25, -0.2) is 21.5 Å². The van der Waals surface area contributed by atoms with Crippen LogP contribution in [0.4, 0.5) is 14.5 Å². The summed E-state index contributed by atoms with van der Waals surface area (Å²) in [6.07, 6.45) is 0. The molecule has 5 nitrogen and oxygen atoms in total. The first kappa shape index (κ1) is 17.0. The van der Waals surface area contributed by atoms with Gasteiger partial charge in [-0.05, 0) is 30.3 Å². The third kappa shape index (κ3) is 3.91. The van der Waals surface area contributed by atoms with Crippen molar-refractivity contribution in [2.75, 3.05) is 19.4 Å². The molecule has 1 N–H and O–H groups in total. The minimum absolute atomic E-state index is 0.00859. The molecule has 2 rings (SSSR count). The minimum Gasteiger partial charge on any atom is -0.322 e. The monoisotopic (exact) mass is 340 g/mol. The number of benzene rings is 2. The Morgan fingerprint density at radius 2 is 1.65 bits per heavy atom. The van der Waals surface area contributed by atoms with E-state index in [0.29, 0.717) is 6.07 Å². The molecule has 8 heteroatoms. The first-order chi connectivity index (χ1) is 10.7. The van der Waals surface area contributed by atoms with Gasteiger partial charge in [0.2, 0.25) is 10.0 Å². The summed E-state index contributed by atoms with van der Waals surface area (Å²) < 4.78 is 51.4. The molecule has 0 aromatic heterocycles. The Morgan fingerprint density at radius 1 is 1.04 bits per heavy atom. The van der Waals surface area contributed by atoms with Gasteiger partial charge in [0.1, 0.15) is 11.6 Å². The SMILES string of the molecule is CN(C)S(=O)(=O)c1cccc(NC(=O)c2cc(F)cc(F)c2)c1. The second kappa shape index (κ2) is 6.43. The van der Waals surface area contributed by atoms with Crippen LogP contribution in [0.2, 0.25) is 0 Å². The maximum atomic E-state index is 13.1. The topological polar surface area (TPSA) is 66.5 Å². The number of sulfonamides is 1. The largest absolute Gasteiger partial charge is 0.322 e. The molecular weight excluding hydrogens is 326 g/mol. The van der Waals surface area contributed by atoms with E-state index in [-0.39, 0.29) is 16.1 Å². The molecule has 0 aliphatic heterocycles. The van der Waals surface area contributed by atoms with Gasteiger partial charge in [-0.2, -0.15) is 0 Å². The second-order valence-corrected chi connectivity index (χ2v) is 7.08. The maximum Gasteiger partial charge on any atom is 0.255 e. The molecule has 0 saturated heterocycles. The molecule has 0 bridgehead atoms. The molecule has 0 unspecified atom stereocenters. The molecule has 0 saturated carbocycles. The lowest BCUT2D eigenvalue weighted by atomic mass is 10.2. The molecule has 0 aliphatic carbocycles. The first-order valence-corrected chi connectivity index (χ1v) is 7.94. The van der Waals surface area contributed by atoms with Crippen LogP contribution in [0.3, 0.4) is 0 Å². The van der Waals surface area contributed by atoms with Crippen LogP contribution in [0.15, 0.2) is 47.4 Å². The van der Waals surface area contributed by atoms with Gasteiger partial charge in [-0.1, -0.05) is 6.07 Å². The van der Waals surface area contributed by atoms with Gasteiger partial charge in [-0.15, -0.1) is 0 Å². The van der Waals surface area contributed by atoms with E-state index in [0.717, 1.165) is 16.4 Å². The Balaban J connectivity index is 2.29. The van der Waals surface area contributed by atoms with E-state index in [1.165, 1.54) is 38.4 Å². The third-order valence-corrected chi connectivity index (χ3v) is 4.81. The van der Waals surface area contributed by atoms with Crippen LogP contribution >= 0.6 is 0 Å². The standard InChI is InChI=1S/C15H14F2N2O3S/c1-19(2)23(21,22)14-5-3-4-13(9-14)18-15(20)10-6-11(16)8-12(17)7-10/h3-9H,1-2H3,(H,18,20). The number of nitrogens with one attached hydrogen (secondary N) is 1. The van der Waals surface area contributed by atoms with Crippen molar-refractivity contribution in [2.24, 2.45) is 0 Å². The summed E-state index contributed by atoms with van der Waals surface area (Å²) >= 11 is 0. The Kier molecular flexibility index (Phi) is 4.76. The van der Waals surface area contributed by atoms with E-state index in [2.05, 4.69) is 5.32 Å². The third-order valence-electron chi connectivity index (χ3n) is 3.00. The highest BCUT2D eigenvalue weighted by Gasteiger charge is 2.18. The minimum atomic E-state index is -3.65. The highest BCUT2D eigenvalue weighted by Crippen LogP contribution is 2.19. The van der Waals surface area contributed by atoms with Crippen LogP contribution in [0, 0.1) is 11.6 Å². The average molecular weight is 340 g/mol. The molecule has 2 aromatic carbocycles. The summed E-state index contributed by atoms with van der Waals surface area (Å²) in [6, 6.07) is 8.01. The molecule has 1 amide bonds. The number of amides is 1. The van der Waals surface area contributed by atoms with Crippen molar-refractivity contribution in [3.05, 3.63) is 59.7 Å². The molecule has 0 heterocycles. The number of hydrogen-bond donors (Lipinski definition) is 1. The van der Waals surface area contributed by atoms with E-state index >= 15 is 0 Å². The van der Waals surface area contributed by atoms with Crippen molar-refractivity contribution >= 4 is 21.6 Å². The fourth-order valence-corrected chi connectivity index (χ4v) is 2.78. The smallest absolute Gasteiger partial charge is 0.255 e. The van der Waals surface area contributed by atoms with Crippen LogP contribution in [0.5, 0.6) is 0 Å². The highest BCUT2D eigenvalue weighted by atomic mass is 32.2. The van der Waals surface area contributed by atoms with E-state index < -0.39 is 27.6 Å². The average Bonchev–Trinajstić information content (AvgIpc) is 2.46. The number of anilines is 1. The van der Waals surface area contributed by atoms with Gasteiger partial charge in [0.05, 0.1) is 4.90 Å². The molecule has 122 valence electrons. The lowest BCUT2D eigenvalue weighted by Crippen LogP contribution is -2.22. The summed E-state index contributed by atoms with van der Waals surface area (Å²) in [5.41, 5.74) is -0.00837. The van der Waals surface area contributed by atoms with E-state index in [1.807, 2.05) is 0 Å². The molecule has 0 atom stereocenters. The van der Waals surface area contributed by atoms with Crippen molar-refractivity contribution in [2.45, 2.75) is 4.90 Å². The molecule has 2 aromatic rings. The zero-order chi connectivity index (χ0) is 17.2. The van der Waals surface area contributed by atoms with Crippen LogP contribution in [0.25, 0.3) is 0 Å². The lowest BCUT2D eigenvalue weighted by molar-refractivity contribution is 0.102. The molecule has 23 heavy (non-hydrogen) atoms. The fraction of sp³-hybridized carbons (Fsp3) is 0.133. The molecular formula is C15H14F2N2O3S. The quantitative estimate of drug-likeness (QED) is 0.930. The van der Waals surface area contributed by atoms with E-state index in [1.54, 1.807) is 0 Å². The van der Waals surface area contributed by atoms with E-state index in [4.69, 9.17) is 0 Å². The predicted molar refractivity (Wildman–Crippen MR) is 81.6 cm³/mol. The van der Waals surface area contributed by atoms with Crippen molar-refractivity contribution < 1.29 is 22.0 Å².